The summed E-state index contributed by atoms with van der Waals surface area (Å²) in [6.07, 6.45) is 4.66. The van der Waals surface area contributed by atoms with Crippen molar-refractivity contribution < 1.29 is 4.42 Å². The molecular weight excluding hydrogens is 920 g/mol. The van der Waals surface area contributed by atoms with Gasteiger partial charge in [0, 0.05) is 55.6 Å². The minimum Gasteiger partial charge on any atom is -0.456 e. The maximum atomic E-state index is 7.27. The lowest BCUT2D eigenvalue weighted by molar-refractivity contribution is 0.332. The lowest BCUT2D eigenvalue weighted by atomic mass is 9.33. The van der Waals surface area contributed by atoms with Crippen molar-refractivity contribution in [3.8, 4) is 11.1 Å². The van der Waals surface area contributed by atoms with Gasteiger partial charge in [0.1, 0.15) is 11.2 Å². The van der Waals surface area contributed by atoms with E-state index >= 15 is 0 Å². The number of aryl methyl sites for hydroxylation is 2. The first-order valence-electron chi connectivity index (χ1n) is 28.4. The second kappa shape index (κ2) is 15.5. The molecule has 3 aliphatic carbocycles. The number of fused-ring (bicyclic) bond motifs is 11. The van der Waals surface area contributed by atoms with E-state index in [2.05, 4.69) is 246 Å². The van der Waals surface area contributed by atoms with E-state index in [9.17, 15) is 0 Å². The van der Waals surface area contributed by atoms with Gasteiger partial charge in [-0.3, -0.25) is 0 Å². The highest BCUT2D eigenvalue weighted by Crippen LogP contribution is 2.56. The minimum absolute atomic E-state index is 0.0334. The summed E-state index contributed by atoms with van der Waals surface area (Å²) in [6, 6.07) is 54.8. The van der Waals surface area contributed by atoms with E-state index in [1.165, 1.54) is 134 Å². The molecule has 2 aliphatic heterocycles. The van der Waals surface area contributed by atoms with E-state index in [0.29, 0.717) is 0 Å². The number of rotatable bonds is 3. The molecule has 0 saturated carbocycles. The largest absolute Gasteiger partial charge is 0.456 e. The summed E-state index contributed by atoms with van der Waals surface area (Å²) in [4.78, 5) is 5.36. The molecule has 0 fully saturated rings. The monoisotopic (exact) mass is 993 g/mol. The van der Waals surface area contributed by atoms with Gasteiger partial charge in [0.2, 0.25) is 0 Å². The zero-order valence-electron chi connectivity index (χ0n) is 47.5. The van der Waals surface area contributed by atoms with Crippen LogP contribution in [0.3, 0.4) is 0 Å². The average molecular weight is 993 g/mol. The van der Waals surface area contributed by atoms with E-state index in [4.69, 9.17) is 4.42 Å². The lowest BCUT2D eigenvalue weighted by Gasteiger charge is -2.49. The molecule has 1 aromatic heterocycles. The molecule has 14 rings (SSSR count). The molecule has 5 aliphatic rings. The zero-order valence-corrected chi connectivity index (χ0v) is 47.5. The van der Waals surface area contributed by atoms with Crippen LogP contribution in [0, 0.1) is 13.8 Å². The number of nitrogens with zero attached hydrogens (tertiary/aromatic N) is 2. The first-order valence-corrected chi connectivity index (χ1v) is 28.4. The van der Waals surface area contributed by atoms with Crippen LogP contribution >= 0.6 is 0 Å². The summed E-state index contributed by atoms with van der Waals surface area (Å²) < 4.78 is 7.27. The van der Waals surface area contributed by atoms with Crippen LogP contribution in [-0.4, -0.2) is 6.71 Å². The molecule has 9 aromatic rings. The van der Waals surface area contributed by atoms with Gasteiger partial charge in [-0.1, -0.05) is 168 Å². The molecule has 0 bridgehead atoms. The maximum absolute atomic E-state index is 7.27. The topological polar surface area (TPSA) is 19.6 Å². The number of para-hydroxylation sites is 1. The Bertz CT molecular complexity index is 3990. The van der Waals surface area contributed by atoms with Gasteiger partial charge >= 0.3 is 0 Å². The predicted molar refractivity (Wildman–Crippen MR) is 324 cm³/mol. The molecule has 0 spiro atoms. The Balaban J connectivity index is 1.13. The quantitative estimate of drug-likeness (QED) is 0.165. The first kappa shape index (κ1) is 47.7. The Morgan fingerprint density at radius 3 is 1.47 bits per heavy atom. The Hall–Kier alpha value is -6.78. The van der Waals surface area contributed by atoms with Crippen molar-refractivity contribution in [1.82, 2.24) is 0 Å². The Labute approximate surface area is 452 Å². The number of hydrogen-bond donors (Lipinski definition) is 0. The van der Waals surface area contributed by atoms with E-state index in [0.717, 1.165) is 30.4 Å². The summed E-state index contributed by atoms with van der Waals surface area (Å²) in [5, 5.41) is 2.38. The van der Waals surface area contributed by atoms with Crippen molar-refractivity contribution in [2.45, 2.75) is 155 Å². The third-order valence-electron chi connectivity index (χ3n) is 20.2. The Kier molecular flexibility index (Phi) is 9.69. The van der Waals surface area contributed by atoms with Crippen molar-refractivity contribution in [1.29, 1.82) is 0 Å². The molecule has 3 heterocycles. The first-order chi connectivity index (χ1) is 36.0. The van der Waals surface area contributed by atoms with Gasteiger partial charge in [-0.2, -0.15) is 0 Å². The smallest absolute Gasteiger partial charge is 0.252 e. The molecule has 76 heavy (non-hydrogen) atoms. The fourth-order valence-corrected chi connectivity index (χ4v) is 15.4. The van der Waals surface area contributed by atoms with Crippen LogP contribution in [0.5, 0.6) is 0 Å². The molecule has 0 N–H and O–H groups in total. The van der Waals surface area contributed by atoms with Crippen molar-refractivity contribution in [2.24, 2.45) is 0 Å². The summed E-state index contributed by atoms with van der Waals surface area (Å²) in [5.41, 5.74) is 29.6. The molecule has 8 aromatic carbocycles. The number of furan rings is 1. The van der Waals surface area contributed by atoms with Gasteiger partial charge < -0.3 is 14.2 Å². The summed E-state index contributed by atoms with van der Waals surface area (Å²) >= 11 is 0. The third-order valence-corrected chi connectivity index (χ3v) is 20.2. The van der Waals surface area contributed by atoms with Crippen LogP contribution in [0.2, 0.25) is 0 Å². The molecule has 0 saturated heterocycles. The SMILES string of the molecule is Cc1cc2c3c(c1)N(c1ccccc1-c1ccccc1)c1cc4c(cc1B3c1cc3c(cc1N2c1cc2c(cc1C)C(C)(C)CCC2(C)C)C(C)(C)c1ccccc1C3(C)C)oc1cc2c(cc14)C(C)(C)CCC2(C)C. The van der Waals surface area contributed by atoms with Crippen molar-refractivity contribution in [2.75, 3.05) is 9.80 Å². The predicted octanol–water partition coefficient (Wildman–Crippen LogP) is 17.6. The molecule has 0 atom stereocenters. The van der Waals surface area contributed by atoms with Crippen molar-refractivity contribution in [3.63, 3.8) is 0 Å². The van der Waals surface area contributed by atoms with Gasteiger partial charge in [0.05, 0.1) is 5.69 Å². The standard InChI is InChI=1S/C72H73BN2O/c1-42-32-62-66-63(33-42)75(59-38-52-50(34-43(59)2)67(3,4)28-30-69(52,7)8)61-39-55-54(71(11,12)48-25-19-20-26-49(48)72(55,13)14)37-56(61)73(66)57-41-65-47(46-35-51-53(40-64(46)76-65)70(9,10)31-29-68(51,5)6)36-60(57)74(62)58-27-21-18-24-45(58)44-22-16-15-17-23-44/h15-27,32-41H,28-31H2,1-14H3. The van der Waals surface area contributed by atoms with Crippen LogP contribution < -0.4 is 26.2 Å². The van der Waals surface area contributed by atoms with Gasteiger partial charge in [-0.05, 0) is 193 Å². The molecule has 0 radical (unpaired) electrons. The second-order valence-electron chi connectivity index (χ2n) is 27.6. The van der Waals surface area contributed by atoms with Crippen LogP contribution in [0.15, 0.2) is 144 Å². The van der Waals surface area contributed by atoms with Gasteiger partial charge in [-0.25, -0.2) is 0 Å². The highest BCUT2D eigenvalue weighted by molar-refractivity contribution is 7.00. The van der Waals surface area contributed by atoms with Crippen LogP contribution in [0.4, 0.5) is 34.1 Å². The van der Waals surface area contributed by atoms with E-state index < -0.39 is 0 Å². The molecule has 0 amide bonds. The summed E-state index contributed by atoms with van der Waals surface area (Å²) in [6.45, 7) is 34.0. The van der Waals surface area contributed by atoms with Gasteiger partial charge in [0.15, 0.2) is 0 Å². The summed E-state index contributed by atoms with van der Waals surface area (Å²) in [7, 11) is 0. The molecule has 3 nitrogen and oxygen atoms in total. The lowest BCUT2D eigenvalue weighted by Crippen LogP contribution is -2.62. The Morgan fingerprint density at radius 1 is 0.382 bits per heavy atom. The Morgan fingerprint density at radius 2 is 0.842 bits per heavy atom. The average Bonchev–Trinajstić information content (AvgIpc) is 3.78. The number of benzene rings is 8. The summed E-state index contributed by atoms with van der Waals surface area (Å²) in [5.74, 6) is 0. The molecular formula is C72H73BN2O. The van der Waals surface area contributed by atoms with E-state index in [-0.39, 0.29) is 39.2 Å². The fraction of sp³-hybridized carbons (Fsp3) is 0.333. The van der Waals surface area contributed by atoms with Crippen molar-refractivity contribution >= 4 is 79.2 Å². The maximum Gasteiger partial charge on any atom is 0.252 e. The highest BCUT2D eigenvalue weighted by Gasteiger charge is 2.49. The molecule has 0 unspecified atom stereocenters. The van der Waals surface area contributed by atoms with Gasteiger partial charge in [-0.15, -0.1) is 0 Å². The highest BCUT2D eigenvalue weighted by atomic mass is 16.3. The minimum atomic E-state index is -0.240. The van der Waals surface area contributed by atoms with Crippen LogP contribution in [0.25, 0.3) is 33.1 Å². The van der Waals surface area contributed by atoms with Gasteiger partial charge in [0.25, 0.3) is 6.71 Å². The third kappa shape index (κ3) is 6.48. The number of hydrogen-bond acceptors (Lipinski definition) is 3. The second-order valence-corrected chi connectivity index (χ2v) is 27.6. The normalized spacial score (nSPS) is 19.3. The molecule has 380 valence electrons. The van der Waals surface area contributed by atoms with E-state index in [1.807, 2.05) is 0 Å². The van der Waals surface area contributed by atoms with Crippen LogP contribution in [-0.2, 0) is 32.5 Å². The van der Waals surface area contributed by atoms with Crippen LogP contribution in [0.1, 0.15) is 164 Å². The van der Waals surface area contributed by atoms with Crippen molar-refractivity contribution in [3.05, 3.63) is 195 Å². The zero-order chi connectivity index (χ0) is 53.0. The number of anilines is 6. The van der Waals surface area contributed by atoms with E-state index in [1.54, 1.807) is 0 Å². The fourth-order valence-electron chi connectivity index (χ4n) is 15.4. The molecule has 4 heteroatoms.